The molecule has 1 amide bonds. The van der Waals surface area contributed by atoms with Gasteiger partial charge in [0.15, 0.2) is 11.6 Å². The molecule has 2 atom stereocenters. The molecule has 0 spiro atoms. The number of benzene rings is 3. The smallest absolute Gasteiger partial charge is 0.254 e. The van der Waals surface area contributed by atoms with Crippen molar-refractivity contribution >= 4 is 17.9 Å². The molecule has 0 aromatic heterocycles. The van der Waals surface area contributed by atoms with E-state index in [1.165, 1.54) is 0 Å². The molecule has 7 nitrogen and oxygen atoms in total. The van der Waals surface area contributed by atoms with E-state index in [9.17, 15) is 4.79 Å². The Kier molecular flexibility index (Phi) is 8.81. The average Bonchev–Trinajstić information content (AvgIpc) is 3.34. The number of methoxy groups -OCH3 is 1. The molecule has 0 radical (unpaired) electrons. The molecule has 1 aliphatic heterocycles. The van der Waals surface area contributed by atoms with Gasteiger partial charge in [0.25, 0.3) is 5.91 Å². The number of amides is 1. The van der Waals surface area contributed by atoms with Gasteiger partial charge in [0, 0.05) is 39.1 Å². The summed E-state index contributed by atoms with van der Waals surface area (Å²) in [6.45, 7) is 0.508. The van der Waals surface area contributed by atoms with Crippen LogP contribution >= 0.6 is 0 Å². The van der Waals surface area contributed by atoms with Crippen LogP contribution in [0.1, 0.15) is 35.6 Å². The van der Waals surface area contributed by atoms with E-state index in [-0.39, 0.29) is 12.5 Å². The highest BCUT2D eigenvalue weighted by Crippen LogP contribution is 2.44. The summed E-state index contributed by atoms with van der Waals surface area (Å²) in [5.74, 6) is 1.60. The van der Waals surface area contributed by atoms with Crippen molar-refractivity contribution in [2.75, 3.05) is 34.4 Å². The third-order valence-electron chi connectivity index (χ3n) is 6.35. The molecule has 0 bridgehead atoms. The van der Waals surface area contributed by atoms with Gasteiger partial charge in [-0.05, 0) is 47.5 Å². The second-order valence-electron chi connectivity index (χ2n) is 9.28. The Balaban J connectivity index is 1.74. The van der Waals surface area contributed by atoms with Gasteiger partial charge in [-0.15, -0.1) is 0 Å². The summed E-state index contributed by atoms with van der Waals surface area (Å²) in [4.78, 5) is 20.4. The molecule has 1 aliphatic rings. The quantitative estimate of drug-likeness (QED) is 0.368. The van der Waals surface area contributed by atoms with Crippen molar-refractivity contribution in [2.45, 2.75) is 24.5 Å². The molecular weight excluding hydrogens is 480 g/mol. The number of rotatable bonds is 11. The van der Waals surface area contributed by atoms with Crippen LogP contribution in [-0.4, -0.2) is 61.8 Å². The monoisotopic (exact) mass is 514 g/mol. The van der Waals surface area contributed by atoms with Crippen molar-refractivity contribution < 1.29 is 24.1 Å². The standard InChI is InChI=1S/C31H34N2O5/c1-33(2)30(35)31(19-8-12-23-10-5-4-6-11-23)28(25-13-7-14-27(22-25)36-3)38-29(32-31)24-15-17-26(18-16-24)37-21-9-20-34/h4-8,10-18,22,28,34H,9,19-21H2,1-3H3/b12-8+/t28-,31-/m1/s1. The van der Waals surface area contributed by atoms with Gasteiger partial charge in [0.1, 0.15) is 11.5 Å². The molecule has 1 N–H and O–H groups in total. The minimum absolute atomic E-state index is 0.0785. The molecule has 4 rings (SSSR count). The number of nitrogens with zero attached hydrogens (tertiary/aromatic N) is 2. The Bertz CT molecular complexity index is 1270. The molecule has 0 unspecified atom stereocenters. The lowest BCUT2D eigenvalue weighted by molar-refractivity contribution is -0.137. The molecule has 7 heteroatoms. The maximum atomic E-state index is 13.9. The highest BCUT2D eigenvalue weighted by atomic mass is 16.5. The fourth-order valence-electron chi connectivity index (χ4n) is 4.43. The fraction of sp³-hybridized carbons (Fsp3) is 0.290. The number of carbonyl (C=O) groups is 1. The zero-order valence-corrected chi connectivity index (χ0v) is 22.0. The van der Waals surface area contributed by atoms with Gasteiger partial charge in [0.05, 0.1) is 13.7 Å². The van der Waals surface area contributed by atoms with Crippen LogP contribution in [0.5, 0.6) is 11.5 Å². The van der Waals surface area contributed by atoms with E-state index in [1.54, 1.807) is 26.1 Å². The first-order valence-corrected chi connectivity index (χ1v) is 12.6. The van der Waals surface area contributed by atoms with Crippen LogP contribution in [-0.2, 0) is 9.53 Å². The number of aliphatic imine (C=N–C) groups is 1. The molecule has 1 heterocycles. The van der Waals surface area contributed by atoms with Crippen LogP contribution in [0.15, 0.2) is 89.9 Å². The van der Waals surface area contributed by atoms with Crippen LogP contribution in [0.3, 0.4) is 0 Å². The molecule has 0 aliphatic carbocycles. The summed E-state index contributed by atoms with van der Waals surface area (Å²) >= 11 is 0. The van der Waals surface area contributed by atoms with Crippen LogP contribution in [0.4, 0.5) is 0 Å². The van der Waals surface area contributed by atoms with Crippen LogP contribution in [0, 0.1) is 0 Å². The van der Waals surface area contributed by atoms with Crippen molar-refractivity contribution in [1.82, 2.24) is 4.90 Å². The van der Waals surface area contributed by atoms with Gasteiger partial charge in [-0.25, -0.2) is 4.99 Å². The number of carbonyl (C=O) groups excluding carboxylic acids is 1. The van der Waals surface area contributed by atoms with E-state index in [0.717, 1.165) is 16.7 Å². The average molecular weight is 515 g/mol. The SMILES string of the molecule is COc1cccc([C@H]2OC(c3ccc(OCCCO)cc3)=N[C@@]2(C/C=C/c2ccccc2)C(=O)N(C)C)c1. The van der Waals surface area contributed by atoms with Crippen LogP contribution < -0.4 is 9.47 Å². The summed E-state index contributed by atoms with van der Waals surface area (Å²) in [5.41, 5.74) is 1.37. The minimum atomic E-state index is -1.22. The summed E-state index contributed by atoms with van der Waals surface area (Å²) < 4.78 is 17.6. The highest BCUT2D eigenvalue weighted by molar-refractivity contribution is 6.01. The lowest BCUT2D eigenvalue weighted by Gasteiger charge is -2.32. The molecule has 0 fully saturated rings. The van der Waals surface area contributed by atoms with Gasteiger partial charge in [-0.3, -0.25) is 4.79 Å². The van der Waals surface area contributed by atoms with E-state index in [0.29, 0.717) is 36.8 Å². The number of hydrogen-bond donors (Lipinski definition) is 1. The second-order valence-corrected chi connectivity index (χ2v) is 9.28. The summed E-state index contributed by atoms with van der Waals surface area (Å²) in [7, 11) is 5.08. The first-order valence-electron chi connectivity index (χ1n) is 12.6. The number of aliphatic hydroxyl groups is 1. The summed E-state index contributed by atoms with van der Waals surface area (Å²) in [5, 5.41) is 8.99. The molecule has 0 saturated carbocycles. The predicted octanol–water partition coefficient (Wildman–Crippen LogP) is 4.91. The molecule has 0 saturated heterocycles. The number of aliphatic hydroxyl groups excluding tert-OH is 1. The van der Waals surface area contributed by atoms with Gasteiger partial charge >= 0.3 is 0 Å². The van der Waals surface area contributed by atoms with Crippen LogP contribution in [0.2, 0.25) is 0 Å². The van der Waals surface area contributed by atoms with Gasteiger partial charge in [-0.2, -0.15) is 0 Å². The van der Waals surface area contributed by atoms with E-state index < -0.39 is 11.6 Å². The van der Waals surface area contributed by atoms with Gasteiger partial charge < -0.3 is 24.2 Å². The van der Waals surface area contributed by atoms with E-state index >= 15 is 0 Å². The molecular formula is C31H34N2O5. The molecule has 3 aromatic carbocycles. The third-order valence-corrected chi connectivity index (χ3v) is 6.35. The van der Waals surface area contributed by atoms with Crippen molar-refractivity contribution in [2.24, 2.45) is 4.99 Å². The molecule has 38 heavy (non-hydrogen) atoms. The molecule has 198 valence electrons. The first kappa shape index (κ1) is 26.9. The maximum Gasteiger partial charge on any atom is 0.254 e. The summed E-state index contributed by atoms with van der Waals surface area (Å²) in [6, 6.07) is 24.9. The van der Waals surface area contributed by atoms with Crippen molar-refractivity contribution in [3.8, 4) is 11.5 Å². The van der Waals surface area contributed by atoms with Gasteiger partial charge in [-0.1, -0.05) is 54.6 Å². The number of hydrogen-bond acceptors (Lipinski definition) is 6. The molecule has 3 aromatic rings. The number of likely N-dealkylation sites (N-methyl/N-ethyl adjacent to an activating group) is 1. The normalized spacial score (nSPS) is 18.6. The lowest BCUT2D eigenvalue weighted by atomic mass is 9.83. The zero-order valence-electron chi connectivity index (χ0n) is 22.0. The lowest BCUT2D eigenvalue weighted by Crippen LogP contribution is -2.47. The Morgan fingerprint density at radius 1 is 1.05 bits per heavy atom. The van der Waals surface area contributed by atoms with E-state index in [4.69, 9.17) is 24.3 Å². The summed E-state index contributed by atoms with van der Waals surface area (Å²) in [6.07, 6.45) is 4.22. The van der Waals surface area contributed by atoms with Gasteiger partial charge in [0.2, 0.25) is 5.90 Å². The van der Waals surface area contributed by atoms with Crippen LogP contribution in [0.25, 0.3) is 6.08 Å². The second kappa shape index (κ2) is 12.4. The Morgan fingerprint density at radius 2 is 1.82 bits per heavy atom. The third kappa shape index (κ3) is 6.06. The Morgan fingerprint density at radius 3 is 2.50 bits per heavy atom. The van der Waals surface area contributed by atoms with Crippen molar-refractivity contribution in [3.05, 3.63) is 102 Å². The highest BCUT2D eigenvalue weighted by Gasteiger charge is 2.53. The Labute approximate surface area is 224 Å². The predicted molar refractivity (Wildman–Crippen MR) is 149 cm³/mol. The Hall–Kier alpha value is -4.10. The maximum absolute atomic E-state index is 13.9. The minimum Gasteiger partial charge on any atom is -0.497 e. The van der Waals surface area contributed by atoms with Crippen molar-refractivity contribution in [1.29, 1.82) is 0 Å². The van der Waals surface area contributed by atoms with Crippen molar-refractivity contribution in [3.63, 3.8) is 0 Å². The zero-order chi connectivity index (χ0) is 27.0. The number of ether oxygens (including phenoxy) is 3. The topological polar surface area (TPSA) is 80.6 Å². The first-order chi connectivity index (χ1) is 18.5. The largest absolute Gasteiger partial charge is 0.497 e. The fourth-order valence-corrected chi connectivity index (χ4v) is 4.43. The van der Waals surface area contributed by atoms with E-state index in [2.05, 4.69) is 0 Å². The van der Waals surface area contributed by atoms with E-state index in [1.807, 2.05) is 91.0 Å².